The highest BCUT2D eigenvalue weighted by Gasteiger charge is 2.43. The summed E-state index contributed by atoms with van der Waals surface area (Å²) in [6, 6.07) is 10.1. The second kappa shape index (κ2) is 7.18. The van der Waals surface area contributed by atoms with Gasteiger partial charge in [-0.05, 0) is 56.2 Å². The number of carbonyl (C=O) groups excluding carboxylic acids is 1. The molecule has 6 rings (SSSR count). The first kappa shape index (κ1) is 18.5. The summed E-state index contributed by atoms with van der Waals surface area (Å²) in [5.74, 6) is 2.40. The standard InChI is InChI=1S/C24H25N5O2/c1-31-21-5-3-2-4-18(21)20-10-11-25-24(27-20)29-22(16-7-8-16)19(13-26-29)23(30)28-14-15-6-9-17(28)12-15/h2-5,10-11,13,15-17H,6-9,12,14H2,1H3/t15-,17-/m1/s1. The van der Waals surface area contributed by atoms with Crippen molar-refractivity contribution in [2.75, 3.05) is 13.7 Å². The quantitative estimate of drug-likeness (QED) is 0.633. The molecule has 1 aliphatic heterocycles. The van der Waals surface area contributed by atoms with Gasteiger partial charge in [-0.2, -0.15) is 5.10 Å². The number of hydrogen-bond acceptors (Lipinski definition) is 5. The third kappa shape index (κ3) is 3.10. The Morgan fingerprint density at radius 1 is 1.13 bits per heavy atom. The van der Waals surface area contributed by atoms with Crippen molar-refractivity contribution < 1.29 is 9.53 Å². The number of fused-ring (bicyclic) bond motifs is 2. The Kier molecular flexibility index (Phi) is 4.30. The molecule has 2 saturated carbocycles. The Bertz CT molecular complexity index is 1150. The first-order chi connectivity index (χ1) is 15.2. The predicted molar refractivity (Wildman–Crippen MR) is 115 cm³/mol. The van der Waals surface area contributed by atoms with Crippen molar-refractivity contribution in [2.45, 2.75) is 44.1 Å². The Morgan fingerprint density at radius 2 is 2.00 bits per heavy atom. The third-order valence-corrected chi connectivity index (χ3v) is 6.89. The molecule has 0 spiro atoms. The second-order valence-electron chi connectivity index (χ2n) is 8.86. The summed E-state index contributed by atoms with van der Waals surface area (Å²) >= 11 is 0. The van der Waals surface area contributed by atoms with Gasteiger partial charge in [-0.15, -0.1) is 0 Å². The largest absolute Gasteiger partial charge is 0.496 e. The van der Waals surface area contributed by atoms with E-state index in [9.17, 15) is 4.79 Å². The molecule has 7 nitrogen and oxygen atoms in total. The van der Waals surface area contributed by atoms with Gasteiger partial charge >= 0.3 is 0 Å². The number of methoxy groups -OCH3 is 1. The lowest BCUT2D eigenvalue weighted by Crippen LogP contribution is -2.38. The molecule has 7 heteroatoms. The van der Waals surface area contributed by atoms with Crippen molar-refractivity contribution >= 4 is 5.91 Å². The van der Waals surface area contributed by atoms with Gasteiger partial charge in [0.25, 0.3) is 11.9 Å². The minimum absolute atomic E-state index is 0.126. The highest BCUT2D eigenvalue weighted by Crippen LogP contribution is 2.44. The zero-order valence-electron chi connectivity index (χ0n) is 17.6. The fourth-order valence-electron chi connectivity index (χ4n) is 5.22. The van der Waals surface area contributed by atoms with Crippen molar-refractivity contribution in [3.05, 3.63) is 54.0 Å². The van der Waals surface area contributed by atoms with E-state index in [-0.39, 0.29) is 5.91 Å². The first-order valence-electron chi connectivity index (χ1n) is 11.1. The number of hydrogen-bond donors (Lipinski definition) is 0. The maximum atomic E-state index is 13.4. The molecule has 1 aromatic carbocycles. The normalized spacial score (nSPS) is 22.2. The summed E-state index contributed by atoms with van der Waals surface area (Å²) in [7, 11) is 1.66. The molecule has 2 aliphatic carbocycles. The van der Waals surface area contributed by atoms with Crippen molar-refractivity contribution in [2.24, 2.45) is 5.92 Å². The van der Waals surface area contributed by atoms with Crippen molar-refractivity contribution in [3.63, 3.8) is 0 Å². The Balaban J connectivity index is 1.39. The average molecular weight is 415 g/mol. The molecule has 3 aliphatic rings. The molecular weight excluding hydrogens is 390 g/mol. The number of piperidine rings is 1. The summed E-state index contributed by atoms with van der Waals surface area (Å²) in [5.41, 5.74) is 3.36. The molecule has 158 valence electrons. The lowest BCUT2D eigenvalue weighted by Gasteiger charge is -2.27. The average Bonchev–Trinajstić information content (AvgIpc) is 3.23. The molecule has 0 radical (unpaired) electrons. The summed E-state index contributed by atoms with van der Waals surface area (Å²) in [4.78, 5) is 24.8. The highest BCUT2D eigenvalue weighted by molar-refractivity contribution is 5.96. The molecule has 31 heavy (non-hydrogen) atoms. The van der Waals surface area contributed by atoms with E-state index in [0.29, 0.717) is 23.8 Å². The molecule has 2 bridgehead atoms. The van der Waals surface area contributed by atoms with Crippen LogP contribution in [0.25, 0.3) is 17.2 Å². The van der Waals surface area contributed by atoms with Crippen LogP contribution >= 0.6 is 0 Å². The van der Waals surface area contributed by atoms with Gasteiger partial charge in [0.05, 0.1) is 30.3 Å². The van der Waals surface area contributed by atoms with Crippen LogP contribution in [0.3, 0.4) is 0 Å². The zero-order chi connectivity index (χ0) is 20.9. The van der Waals surface area contributed by atoms with Gasteiger partial charge in [0.1, 0.15) is 5.75 Å². The monoisotopic (exact) mass is 415 g/mol. The number of benzene rings is 1. The molecule has 2 aromatic heterocycles. The lowest BCUT2D eigenvalue weighted by molar-refractivity contribution is 0.0702. The Hall–Kier alpha value is -3.22. The van der Waals surface area contributed by atoms with Crippen LogP contribution in [-0.4, -0.2) is 50.3 Å². The summed E-state index contributed by atoms with van der Waals surface area (Å²) in [6.07, 6.45) is 9.15. The van der Waals surface area contributed by atoms with E-state index >= 15 is 0 Å². The molecule has 3 aromatic rings. The van der Waals surface area contributed by atoms with Gasteiger partial charge in [-0.1, -0.05) is 12.1 Å². The van der Waals surface area contributed by atoms with Gasteiger partial charge < -0.3 is 9.64 Å². The Labute approximate surface area is 181 Å². The summed E-state index contributed by atoms with van der Waals surface area (Å²) in [6.45, 7) is 0.887. The van der Waals surface area contributed by atoms with E-state index in [0.717, 1.165) is 60.5 Å². The highest BCUT2D eigenvalue weighted by atomic mass is 16.5. The maximum Gasteiger partial charge on any atom is 0.257 e. The van der Waals surface area contributed by atoms with E-state index in [1.165, 1.54) is 6.42 Å². The molecular formula is C24H25N5O2. The van der Waals surface area contributed by atoms with E-state index in [1.807, 2.05) is 30.3 Å². The number of aromatic nitrogens is 4. The van der Waals surface area contributed by atoms with Crippen LogP contribution in [0.15, 0.2) is 42.7 Å². The van der Waals surface area contributed by atoms with Crippen molar-refractivity contribution in [3.8, 4) is 23.0 Å². The van der Waals surface area contributed by atoms with Crippen LogP contribution in [0, 0.1) is 5.92 Å². The van der Waals surface area contributed by atoms with Crippen LogP contribution < -0.4 is 4.74 Å². The topological polar surface area (TPSA) is 73.1 Å². The molecule has 1 saturated heterocycles. The van der Waals surface area contributed by atoms with Gasteiger partial charge in [0.15, 0.2) is 0 Å². The number of rotatable bonds is 5. The van der Waals surface area contributed by atoms with Gasteiger partial charge in [0.2, 0.25) is 0 Å². The number of carbonyl (C=O) groups is 1. The van der Waals surface area contributed by atoms with Crippen LogP contribution in [-0.2, 0) is 0 Å². The molecule has 0 unspecified atom stereocenters. The predicted octanol–water partition coefficient (Wildman–Crippen LogP) is 3.84. The van der Waals surface area contributed by atoms with E-state index < -0.39 is 0 Å². The molecule has 0 N–H and O–H groups in total. The number of para-hydroxylation sites is 1. The maximum absolute atomic E-state index is 13.4. The number of amides is 1. The summed E-state index contributed by atoms with van der Waals surface area (Å²) in [5, 5.41) is 4.59. The fourth-order valence-corrected chi connectivity index (χ4v) is 5.22. The molecule has 3 heterocycles. The van der Waals surface area contributed by atoms with Crippen LogP contribution in [0.4, 0.5) is 0 Å². The summed E-state index contributed by atoms with van der Waals surface area (Å²) < 4.78 is 7.28. The second-order valence-corrected chi connectivity index (χ2v) is 8.86. The van der Waals surface area contributed by atoms with Crippen molar-refractivity contribution in [1.29, 1.82) is 0 Å². The van der Waals surface area contributed by atoms with Crippen LogP contribution in [0.1, 0.15) is 54.1 Å². The molecule has 2 atom stereocenters. The smallest absolute Gasteiger partial charge is 0.257 e. The first-order valence-corrected chi connectivity index (χ1v) is 11.1. The Morgan fingerprint density at radius 3 is 2.74 bits per heavy atom. The van der Waals surface area contributed by atoms with Gasteiger partial charge in [0, 0.05) is 30.3 Å². The van der Waals surface area contributed by atoms with Gasteiger partial charge in [-0.3, -0.25) is 4.79 Å². The van der Waals surface area contributed by atoms with E-state index in [4.69, 9.17) is 9.72 Å². The van der Waals surface area contributed by atoms with E-state index in [2.05, 4.69) is 15.0 Å². The molecule has 3 fully saturated rings. The van der Waals surface area contributed by atoms with Crippen molar-refractivity contribution in [1.82, 2.24) is 24.6 Å². The molecule has 1 amide bonds. The van der Waals surface area contributed by atoms with Crippen LogP contribution in [0.5, 0.6) is 5.75 Å². The van der Waals surface area contributed by atoms with E-state index in [1.54, 1.807) is 24.2 Å². The number of ether oxygens (including phenoxy) is 1. The minimum Gasteiger partial charge on any atom is -0.496 e. The number of nitrogens with zero attached hydrogens (tertiary/aromatic N) is 5. The minimum atomic E-state index is 0.126. The number of likely N-dealkylation sites (tertiary alicyclic amines) is 1. The fraction of sp³-hybridized carbons (Fsp3) is 0.417. The SMILES string of the molecule is COc1ccccc1-c1ccnc(-n2ncc(C(=O)N3C[C@@H]4CC[C@@H]3C4)c2C2CC2)n1. The zero-order valence-corrected chi connectivity index (χ0v) is 17.6. The third-order valence-electron chi connectivity index (χ3n) is 6.89. The van der Waals surface area contributed by atoms with Crippen LogP contribution in [0.2, 0.25) is 0 Å². The lowest BCUT2D eigenvalue weighted by atomic mass is 10.1. The van der Waals surface area contributed by atoms with Gasteiger partial charge in [-0.25, -0.2) is 14.6 Å².